The van der Waals surface area contributed by atoms with Gasteiger partial charge in [0.25, 0.3) is 0 Å². The molecular formula is C18H15ClN2O2. The lowest BCUT2D eigenvalue weighted by molar-refractivity contribution is -0.119. The number of aromatic hydroxyl groups is 1. The number of rotatable bonds is 3. The highest BCUT2D eigenvalue weighted by Gasteiger charge is 2.22. The van der Waals surface area contributed by atoms with Crippen LogP contribution in [0, 0.1) is 0 Å². The third-order valence-electron chi connectivity index (χ3n) is 3.64. The first-order chi connectivity index (χ1) is 11.1. The van der Waals surface area contributed by atoms with Crippen LogP contribution in [-0.2, 0) is 4.79 Å². The molecule has 0 unspecified atom stereocenters. The van der Waals surface area contributed by atoms with Gasteiger partial charge in [0, 0.05) is 24.1 Å². The zero-order valence-corrected chi connectivity index (χ0v) is 13.2. The Morgan fingerprint density at radius 1 is 1.22 bits per heavy atom. The molecule has 5 heteroatoms. The van der Waals surface area contributed by atoms with Crippen molar-refractivity contribution in [3.63, 3.8) is 0 Å². The number of nitrogens with zero attached hydrogens (tertiary/aromatic N) is 1. The van der Waals surface area contributed by atoms with Crippen LogP contribution in [0.1, 0.15) is 24.1 Å². The number of amides is 1. The highest BCUT2D eigenvalue weighted by molar-refractivity contribution is 6.35. The van der Waals surface area contributed by atoms with Gasteiger partial charge in [-0.3, -0.25) is 9.78 Å². The SMILES string of the molecule is CC(=O)N[C@@H](c1ccccc1)c1cc(Cl)c2cccnc2c1O. The summed E-state index contributed by atoms with van der Waals surface area (Å²) in [5.41, 5.74) is 1.79. The maximum atomic E-state index is 11.6. The van der Waals surface area contributed by atoms with Crippen molar-refractivity contribution in [3.8, 4) is 5.75 Å². The molecule has 1 atom stereocenters. The summed E-state index contributed by atoms with van der Waals surface area (Å²) >= 11 is 6.34. The van der Waals surface area contributed by atoms with Crippen LogP contribution in [0.15, 0.2) is 54.7 Å². The summed E-state index contributed by atoms with van der Waals surface area (Å²) in [6, 6.07) is 14.1. The number of nitrogens with one attached hydrogen (secondary N) is 1. The fraction of sp³-hybridized carbons (Fsp3) is 0.111. The van der Waals surface area contributed by atoms with Gasteiger partial charge >= 0.3 is 0 Å². The molecule has 4 nitrogen and oxygen atoms in total. The minimum atomic E-state index is -0.502. The van der Waals surface area contributed by atoms with E-state index in [4.69, 9.17) is 11.6 Å². The Morgan fingerprint density at radius 3 is 2.65 bits per heavy atom. The predicted octanol–water partition coefficient (Wildman–Crippen LogP) is 3.82. The van der Waals surface area contributed by atoms with Gasteiger partial charge in [0.2, 0.25) is 5.91 Å². The number of aromatic nitrogens is 1. The second-order valence-corrected chi connectivity index (χ2v) is 5.65. The number of fused-ring (bicyclic) bond motifs is 1. The lowest BCUT2D eigenvalue weighted by Crippen LogP contribution is -2.27. The zero-order valence-electron chi connectivity index (χ0n) is 12.5. The molecule has 1 aromatic heterocycles. The molecule has 0 spiro atoms. The summed E-state index contributed by atoms with van der Waals surface area (Å²) in [7, 11) is 0. The van der Waals surface area contributed by atoms with Gasteiger partial charge in [0.15, 0.2) is 0 Å². The van der Waals surface area contributed by atoms with Crippen molar-refractivity contribution < 1.29 is 9.90 Å². The lowest BCUT2D eigenvalue weighted by Gasteiger charge is -2.21. The van der Waals surface area contributed by atoms with Gasteiger partial charge in [-0.1, -0.05) is 41.9 Å². The fourth-order valence-corrected chi connectivity index (χ4v) is 2.89. The maximum Gasteiger partial charge on any atom is 0.217 e. The highest BCUT2D eigenvalue weighted by atomic mass is 35.5. The van der Waals surface area contributed by atoms with E-state index in [1.165, 1.54) is 6.92 Å². The van der Waals surface area contributed by atoms with Gasteiger partial charge in [-0.25, -0.2) is 0 Å². The van der Waals surface area contributed by atoms with Gasteiger partial charge < -0.3 is 10.4 Å². The van der Waals surface area contributed by atoms with Gasteiger partial charge in [-0.05, 0) is 23.8 Å². The number of phenols is 1. The van der Waals surface area contributed by atoms with E-state index in [2.05, 4.69) is 10.3 Å². The van der Waals surface area contributed by atoms with Crippen molar-refractivity contribution in [3.05, 3.63) is 70.9 Å². The summed E-state index contributed by atoms with van der Waals surface area (Å²) in [5.74, 6) is -0.178. The third-order valence-corrected chi connectivity index (χ3v) is 3.95. The molecule has 0 aliphatic rings. The van der Waals surface area contributed by atoms with Gasteiger partial charge in [0.1, 0.15) is 11.3 Å². The van der Waals surface area contributed by atoms with Crippen LogP contribution in [0.4, 0.5) is 0 Å². The Labute approximate surface area is 138 Å². The lowest BCUT2D eigenvalue weighted by atomic mass is 9.96. The quantitative estimate of drug-likeness (QED) is 0.769. The second kappa shape index (κ2) is 6.26. The standard InChI is InChI=1S/C18H15ClN2O2/c1-11(22)21-16(12-6-3-2-4-7-12)14-10-15(19)13-8-5-9-20-17(13)18(14)23/h2-10,16,23H,1H3,(H,21,22)/t16-/m0/s1. The van der Waals surface area contributed by atoms with E-state index in [1.807, 2.05) is 30.3 Å². The molecule has 0 radical (unpaired) electrons. The molecule has 0 saturated heterocycles. The van der Waals surface area contributed by atoms with E-state index in [-0.39, 0.29) is 11.7 Å². The van der Waals surface area contributed by atoms with Gasteiger partial charge in [0.05, 0.1) is 11.1 Å². The first kappa shape index (κ1) is 15.3. The first-order valence-electron chi connectivity index (χ1n) is 7.16. The molecule has 3 rings (SSSR count). The Balaban J connectivity index is 2.22. The largest absolute Gasteiger partial charge is 0.505 e. The molecule has 0 aliphatic heterocycles. The summed E-state index contributed by atoms with van der Waals surface area (Å²) in [6.45, 7) is 1.44. The van der Waals surface area contributed by atoms with Crippen molar-refractivity contribution in [1.29, 1.82) is 0 Å². The highest BCUT2D eigenvalue weighted by Crippen LogP contribution is 2.38. The van der Waals surface area contributed by atoms with E-state index in [0.717, 1.165) is 5.56 Å². The Kier molecular flexibility index (Phi) is 4.17. The fourth-order valence-electron chi connectivity index (χ4n) is 2.62. The van der Waals surface area contributed by atoms with Crippen LogP contribution in [0.5, 0.6) is 5.75 Å². The second-order valence-electron chi connectivity index (χ2n) is 5.24. The minimum Gasteiger partial charge on any atom is -0.505 e. The van der Waals surface area contributed by atoms with Crippen LogP contribution >= 0.6 is 11.6 Å². The van der Waals surface area contributed by atoms with Crippen LogP contribution < -0.4 is 5.32 Å². The number of hydrogen-bond acceptors (Lipinski definition) is 3. The molecule has 2 aromatic carbocycles. The van der Waals surface area contributed by atoms with E-state index in [1.54, 1.807) is 24.4 Å². The van der Waals surface area contributed by atoms with Crippen molar-refractivity contribution >= 4 is 28.4 Å². The van der Waals surface area contributed by atoms with E-state index >= 15 is 0 Å². The number of carbonyl (C=O) groups is 1. The van der Waals surface area contributed by atoms with E-state index < -0.39 is 6.04 Å². The average Bonchev–Trinajstić information content (AvgIpc) is 2.57. The molecule has 116 valence electrons. The van der Waals surface area contributed by atoms with E-state index in [9.17, 15) is 9.90 Å². The van der Waals surface area contributed by atoms with Crippen LogP contribution in [-0.4, -0.2) is 16.0 Å². The smallest absolute Gasteiger partial charge is 0.217 e. The summed E-state index contributed by atoms with van der Waals surface area (Å²) < 4.78 is 0. The molecule has 1 amide bonds. The molecule has 0 fully saturated rings. The Bertz CT molecular complexity index is 866. The normalized spacial score (nSPS) is 12.1. The van der Waals surface area contributed by atoms with Gasteiger partial charge in [-0.15, -0.1) is 0 Å². The maximum absolute atomic E-state index is 11.6. The molecule has 0 aliphatic carbocycles. The topological polar surface area (TPSA) is 62.2 Å². The first-order valence-corrected chi connectivity index (χ1v) is 7.54. The number of benzene rings is 2. The number of carbonyl (C=O) groups excluding carboxylic acids is 1. The summed E-state index contributed by atoms with van der Waals surface area (Å²) in [4.78, 5) is 15.8. The van der Waals surface area contributed by atoms with Crippen molar-refractivity contribution in [1.82, 2.24) is 10.3 Å². The minimum absolute atomic E-state index is 0.0209. The molecule has 0 saturated carbocycles. The monoisotopic (exact) mass is 326 g/mol. The average molecular weight is 327 g/mol. The van der Waals surface area contributed by atoms with Gasteiger partial charge in [-0.2, -0.15) is 0 Å². The summed E-state index contributed by atoms with van der Waals surface area (Å²) in [6.07, 6.45) is 1.60. The molecular weight excluding hydrogens is 312 g/mol. The Hall–Kier alpha value is -2.59. The van der Waals surface area contributed by atoms with Crippen LogP contribution in [0.2, 0.25) is 5.02 Å². The van der Waals surface area contributed by atoms with Crippen LogP contribution in [0.3, 0.4) is 0 Å². The van der Waals surface area contributed by atoms with E-state index in [0.29, 0.717) is 21.5 Å². The number of phenolic OH excluding ortho intramolecular Hbond substituents is 1. The molecule has 1 heterocycles. The predicted molar refractivity (Wildman–Crippen MR) is 90.5 cm³/mol. The molecule has 0 bridgehead atoms. The number of hydrogen-bond donors (Lipinski definition) is 2. The number of halogens is 1. The third kappa shape index (κ3) is 2.98. The molecule has 3 aromatic rings. The van der Waals surface area contributed by atoms with Crippen molar-refractivity contribution in [2.24, 2.45) is 0 Å². The summed E-state index contributed by atoms with van der Waals surface area (Å²) in [5, 5.41) is 14.7. The molecule has 23 heavy (non-hydrogen) atoms. The van der Waals surface area contributed by atoms with Crippen molar-refractivity contribution in [2.75, 3.05) is 0 Å². The molecule has 2 N–H and O–H groups in total. The van der Waals surface area contributed by atoms with Crippen LogP contribution in [0.25, 0.3) is 10.9 Å². The zero-order chi connectivity index (χ0) is 16.4. The number of pyridine rings is 1. The Morgan fingerprint density at radius 2 is 1.96 bits per heavy atom. The van der Waals surface area contributed by atoms with Crippen molar-refractivity contribution in [2.45, 2.75) is 13.0 Å².